The van der Waals surface area contributed by atoms with Crippen LogP contribution in [0.25, 0.3) is 0 Å². The predicted octanol–water partition coefficient (Wildman–Crippen LogP) is 3.70. The lowest BCUT2D eigenvalue weighted by Crippen LogP contribution is -2.45. The van der Waals surface area contributed by atoms with Crippen molar-refractivity contribution in [2.45, 2.75) is 57.1 Å². The Hall–Kier alpha value is -3.06. The largest absolute Gasteiger partial charge is 0.493 e. The maximum atomic E-state index is 12.9. The average Bonchev–Trinajstić information content (AvgIpc) is 2.80. The molecule has 32 heavy (non-hydrogen) atoms. The highest BCUT2D eigenvalue weighted by Gasteiger charge is 2.26. The fourth-order valence-electron chi connectivity index (χ4n) is 4.03. The number of aliphatic hydroxyl groups is 1. The van der Waals surface area contributed by atoms with E-state index in [4.69, 9.17) is 9.47 Å². The number of aliphatic hydroxyl groups excluding tert-OH is 1. The second kappa shape index (κ2) is 11.5. The lowest BCUT2D eigenvalue weighted by atomic mass is 9.92. The van der Waals surface area contributed by atoms with Crippen molar-refractivity contribution in [3.8, 4) is 11.5 Å². The summed E-state index contributed by atoms with van der Waals surface area (Å²) in [4.78, 5) is 25.4. The van der Waals surface area contributed by atoms with Crippen LogP contribution in [0.1, 0.15) is 54.4 Å². The van der Waals surface area contributed by atoms with Gasteiger partial charge in [-0.15, -0.1) is 0 Å². The third-order valence-corrected chi connectivity index (χ3v) is 5.77. The van der Waals surface area contributed by atoms with Crippen LogP contribution < -0.4 is 20.1 Å². The van der Waals surface area contributed by atoms with Gasteiger partial charge in [0, 0.05) is 12.0 Å². The van der Waals surface area contributed by atoms with Gasteiger partial charge >= 0.3 is 0 Å². The van der Waals surface area contributed by atoms with Crippen LogP contribution in [0.5, 0.6) is 11.5 Å². The van der Waals surface area contributed by atoms with Crippen molar-refractivity contribution < 1.29 is 24.2 Å². The van der Waals surface area contributed by atoms with E-state index in [1.165, 1.54) is 19.8 Å². The summed E-state index contributed by atoms with van der Waals surface area (Å²) in [6, 6.07) is 12.9. The van der Waals surface area contributed by atoms with Crippen molar-refractivity contribution in [2.75, 3.05) is 19.5 Å². The zero-order valence-electron chi connectivity index (χ0n) is 18.7. The van der Waals surface area contributed by atoms with Gasteiger partial charge in [0.1, 0.15) is 0 Å². The van der Waals surface area contributed by atoms with Gasteiger partial charge in [-0.2, -0.15) is 0 Å². The van der Waals surface area contributed by atoms with Crippen molar-refractivity contribution in [1.29, 1.82) is 0 Å². The number of carbonyl (C=O) groups is 2. The molecule has 1 aliphatic rings. The maximum Gasteiger partial charge on any atom is 0.251 e. The molecule has 0 bridgehead atoms. The molecule has 2 atom stereocenters. The van der Waals surface area contributed by atoms with Crippen LogP contribution in [-0.4, -0.2) is 43.3 Å². The van der Waals surface area contributed by atoms with Crippen LogP contribution in [0.15, 0.2) is 42.5 Å². The SMILES string of the molecule is COc1cc(C(=O)N[C@H]2CCCC[C@@H]2O)cc(NC(=O)CCCc2ccccc2)c1OC. The summed E-state index contributed by atoms with van der Waals surface area (Å²) in [6.07, 6.45) is 4.66. The van der Waals surface area contributed by atoms with Gasteiger partial charge in [0.25, 0.3) is 5.91 Å². The lowest BCUT2D eigenvalue weighted by Gasteiger charge is -2.28. The Morgan fingerprint density at radius 3 is 2.50 bits per heavy atom. The van der Waals surface area contributed by atoms with E-state index in [0.29, 0.717) is 42.0 Å². The zero-order chi connectivity index (χ0) is 22.9. The number of nitrogens with one attached hydrogen (secondary N) is 2. The van der Waals surface area contributed by atoms with Gasteiger partial charge in [-0.05, 0) is 43.4 Å². The van der Waals surface area contributed by atoms with Crippen molar-refractivity contribution in [3.63, 3.8) is 0 Å². The number of carbonyl (C=O) groups excluding carboxylic acids is 2. The fourth-order valence-corrected chi connectivity index (χ4v) is 4.03. The number of anilines is 1. The molecule has 7 heteroatoms. The van der Waals surface area contributed by atoms with Gasteiger partial charge in [-0.25, -0.2) is 0 Å². The molecule has 0 unspecified atom stereocenters. The van der Waals surface area contributed by atoms with E-state index >= 15 is 0 Å². The van der Waals surface area contributed by atoms with Crippen molar-refractivity contribution in [1.82, 2.24) is 5.32 Å². The first-order chi connectivity index (χ1) is 15.5. The molecule has 3 rings (SSSR count). The highest BCUT2D eigenvalue weighted by Crippen LogP contribution is 2.37. The van der Waals surface area contributed by atoms with Gasteiger partial charge in [0.05, 0.1) is 32.1 Å². The molecule has 0 aliphatic heterocycles. The summed E-state index contributed by atoms with van der Waals surface area (Å²) in [5.74, 6) is 0.222. The molecule has 0 saturated heterocycles. The number of ether oxygens (including phenoxy) is 2. The molecule has 2 aromatic carbocycles. The number of hydrogen-bond donors (Lipinski definition) is 3. The molecule has 1 fully saturated rings. The molecule has 2 amide bonds. The molecule has 0 aromatic heterocycles. The molecule has 7 nitrogen and oxygen atoms in total. The van der Waals surface area contributed by atoms with Crippen LogP contribution in [0.4, 0.5) is 5.69 Å². The Kier molecular flexibility index (Phi) is 8.50. The summed E-state index contributed by atoms with van der Waals surface area (Å²) in [7, 11) is 2.97. The number of hydrogen-bond acceptors (Lipinski definition) is 5. The Bertz CT molecular complexity index is 916. The highest BCUT2D eigenvalue weighted by atomic mass is 16.5. The molecule has 0 radical (unpaired) electrons. The highest BCUT2D eigenvalue weighted by molar-refractivity contribution is 5.99. The molecule has 1 aliphatic carbocycles. The summed E-state index contributed by atoms with van der Waals surface area (Å²) in [5.41, 5.74) is 1.90. The summed E-state index contributed by atoms with van der Waals surface area (Å²) in [6.45, 7) is 0. The van der Waals surface area contributed by atoms with Gasteiger partial charge < -0.3 is 25.2 Å². The molecule has 2 aromatic rings. The van der Waals surface area contributed by atoms with E-state index in [1.807, 2.05) is 30.3 Å². The molecule has 1 saturated carbocycles. The van der Waals surface area contributed by atoms with E-state index in [2.05, 4.69) is 10.6 Å². The molecular formula is C25H32N2O5. The third-order valence-electron chi connectivity index (χ3n) is 5.77. The van der Waals surface area contributed by atoms with Crippen LogP contribution in [0.2, 0.25) is 0 Å². The maximum absolute atomic E-state index is 12.9. The molecule has 0 heterocycles. The minimum atomic E-state index is -0.545. The van der Waals surface area contributed by atoms with E-state index in [-0.39, 0.29) is 17.9 Å². The molecule has 172 valence electrons. The van der Waals surface area contributed by atoms with Crippen molar-refractivity contribution >= 4 is 17.5 Å². The smallest absolute Gasteiger partial charge is 0.251 e. The number of methoxy groups -OCH3 is 2. The second-order valence-corrected chi connectivity index (χ2v) is 8.08. The first-order valence-corrected chi connectivity index (χ1v) is 11.1. The number of benzene rings is 2. The predicted molar refractivity (Wildman–Crippen MR) is 123 cm³/mol. The van der Waals surface area contributed by atoms with Crippen LogP contribution in [0, 0.1) is 0 Å². The van der Waals surface area contributed by atoms with Crippen LogP contribution in [-0.2, 0) is 11.2 Å². The number of aryl methyl sites for hydroxylation is 1. The Balaban J connectivity index is 1.69. The summed E-state index contributed by atoms with van der Waals surface area (Å²) >= 11 is 0. The standard InChI is InChI=1S/C25H32N2O5/c1-31-22-16-18(25(30)27-19-12-6-7-13-21(19)28)15-20(24(22)32-2)26-23(29)14-8-11-17-9-4-3-5-10-17/h3-5,9-10,15-16,19,21,28H,6-8,11-14H2,1-2H3,(H,26,29)(H,27,30)/t19-,21-/m0/s1. The van der Waals surface area contributed by atoms with Gasteiger partial charge in [0.2, 0.25) is 5.91 Å². The molecular weight excluding hydrogens is 408 g/mol. The minimum absolute atomic E-state index is 0.165. The van der Waals surface area contributed by atoms with E-state index in [9.17, 15) is 14.7 Å². The topological polar surface area (TPSA) is 96.9 Å². The monoisotopic (exact) mass is 440 g/mol. The van der Waals surface area contributed by atoms with Gasteiger partial charge in [-0.1, -0.05) is 43.2 Å². The quantitative estimate of drug-likeness (QED) is 0.553. The second-order valence-electron chi connectivity index (χ2n) is 8.08. The lowest BCUT2D eigenvalue weighted by molar-refractivity contribution is -0.116. The first-order valence-electron chi connectivity index (χ1n) is 11.1. The van der Waals surface area contributed by atoms with Gasteiger partial charge in [-0.3, -0.25) is 9.59 Å². The number of rotatable bonds is 9. The van der Waals surface area contributed by atoms with Gasteiger partial charge in [0.15, 0.2) is 11.5 Å². The average molecular weight is 441 g/mol. The van der Waals surface area contributed by atoms with E-state index < -0.39 is 6.10 Å². The number of amides is 2. The van der Waals surface area contributed by atoms with E-state index in [1.54, 1.807) is 12.1 Å². The Morgan fingerprint density at radius 1 is 1.06 bits per heavy atom. The fraction of sp³-hybridized carbons (Fsp3) is 0.440. The third kappa shape index (κ3) is 6.23. The normalized spacial score (nSPS) is 18.0. The summed E-state index contributed by atoms with van der Waals surface area (Å²) in [5, 5.41) is 15.9. The van der Waals surface area contributed by atoms with Crippen LogP contribution in [0.3, 0.4) is 0 Å². The minimum Gasteiger partial charge on any atom is -0.493 e. The molecule has 3 N–H and O–H groups in total. The Morgan fingerprint density at radius 2 is 1.81 bits per heavy atom. The molecule has 0 spiro atoms. The first kappa shape index (κ1) is 23.6. The zero-order valence-corrected chi connectivity index (χ0v) is 18.7. The van der Waals surface area contributed by atoms with Crippen LogP contribution >= 0.6 is 0 Å². The van der Waals surface area contributed by atoms with E-state index in [0.717, 1.165) is 25.7 Å². The Labute approximate surface area is 189 Å². The summed E-state index contributed by atoms with van der Waals surface area (Å²) < 4.78 is 10.8. The van der Waals surface area contributed by atoms with Crippen molar-refractivity contribution in [3.05, 3.63) is 53.6 Å². The van der Waals surface area contributed by atoms with Crippen molar-refractivity contribution in [2.24, 2.45) is 0 Å².